The van der Waals surface area contributed by atoms with Crippen molar-refractivity contribution in [2.24, 2.45) is 5.92 Å². The second-order valence-electron chi connectivity index (χ2n) is 7.06. The Hall–Kier alpha value is -3.16. The number of fused-ring (bicyclic) bond motifs is 5. The molecule has 3 unspecified atom stereocenters. The molecule has 2 aliphatic heterocycles. The Kier molecular flexibility index (Phi) is 3.87. The summed E-state index contributed by atoms with van der Waals surface area (Å²) in [4.78, 5) is 25.0. The minimum Gasteiger partial charge on any atom is -0.509 e. The molecular formula is C21H12Cl2O7. The highest BCUT2D eigenvalue weighted by molar-refractivity contribution is 6.34. The van der Waals surface area contributed by atoms with Crippen LogP contribution in [0.25, 0.3) is 0 Å². The number of phenols is 1. The third-order valence-electron chi connectivity index (χ3n) is 5.51. The van der Waals surface area contributed by atoms with Gasteiger partial charge in [-0.05, 0) is 18.2 Å². The van der Waals surface area contributed by atoms with Crippen LogP contribution >= 0.6 is 23.2 Å². The molecule has 9 heteroatoms. The van der Waals surface area contributed by atoms with Crippen LogP contribution in [-0.2, 0) is 15.1 Å². The summed E-state index contributed by atoms with van der Waals surface area (Å²) in [7, 11) is 0. The Morgan fingerprint density at radius 3 is 2.57 bits per heavy atom. The van der Waals surface area contributed by atoms with E-state index in [0.29, 0.717) is 11.1 Å². The van der Waals surface area contributed by atoms with Crippen LogP contribution in [0.5, 0.6) is 11.5 Å². The third-order valence-corrected chi connectivity index (χ3v) is 6.33. The first kappa shape index (κ1) is 18.8. The molecule has 0 aromatic heterocycles. The molecule has 0 amide bonds. The lowest BCUT2D eigenvalue weighted by Crippen LogP contribution is -2.46. The van der Waals surface area contributed by atoms with Crippen molar-refractivity contribution in [3.8, 4) is 11.5 Å². The topological polar surface area (TPSA) is 113 Å². The molecule has 0 saturated heterocycles. The highest BCUT2D eigenvalue weighted by Crippen LogP contribution is 2.59. The van der Waals surface area contributed by atoms with Crippen molar-refractivity contribution < 1.29 is 34.4 Å². The number of alkyl halides is 1. The molecular weight excluding hydrogens is 435 g/mol. The van der Waals surface area contributed by atoms with Gasteiger partial charge in [-0.15, -0.1) is 11.6 Å². The second kappa shape index (κ2) is 6.17. The maximum Gasteiger partial charge on any atom is 0.340 e. The van der Waals surface area contributed by atoms with Crippen LogP contribution in [0.3, 0.4) is 0 Å². The number of carboxylic acid groups (broad SMARTS) is 1. The van der Waals surface area contributed by atoms with Crippen molar-refractivity contribution >= 4 is 35.1 Å². The number of carboxylic acids is 1. The average Bonchev–Trinajstić information content (AvgIpc) is 3.00. The molecule has 3 N–H and O–H groups in total. The molecule has 0 fully saturated rings. The van der Waals surface area contributed by atoms with Gasteiger partial charge in [0.05, 0.1) is 5.56 Å². The van der Waals surface area contributed by atoms with E-state index < -0.39 is 34.6 Å². The Balaban J connectivity index is 1.94. The van der Waals surface area contributed by atoms with E-state index in [-0.39, 0.29) is 33.4 Å². The summed E-state index contributed by atoms with van der Waals surface area (Å²) in [5.74, 6) is -4.31. The highest BCUT2D eigenvalue weighted by atomic mass is 35.5. The first-order valence-electron chi connectivity index (χ1n) is 8.82. The summed E-state index contributed by atoms with van der Waals surface area (Å²) in [6.45, 7) is 0. The molecule has 0 radical (unpaired) electrons. The summed E-state index contributed by atoms with van der Waals surface area (Å²) in [6.07, 6.45) is 0. The van der Waals surface area contributed by atoms with E-state index in [1.807, 2.05) is 0 Å². The number of hydrogen-bond donors (Lipinski definition) is 3. The quantitative estimate of drug-likeness (QED) is 0.451. The number of aliphatic carboxylic acids is 1. The van der Waals surface area contributed by atoms with Crippen LogP contribution in [0.4, 0.5) is 0 Å². The van der Waals surface area contributed by atoms with Crippen LogP contribution in [0, 0.1) is 5.92 Å². The smallest absolute Gasteiger partial charge is 0.340 e. The van der Waals surface area contributed by atoms with Crippen LogP contribution in [-0.4, -0.2) is 32.6 Å². The number of carbonyl (C=O) groups excluding carboxylic acids is 1. The predicted molar refractivity (Wildman–Crippen MR) is 105 cm³/mol. The first-order valence-corrected chi connectivity index (χ1v) is 9.63. The lowest BCUT2D eigenvalue weighted by Gasteiger charge is -2.43. The van der Waals surface area contributed by atoms with Crippen LogP contribution in [0.1, 0.15) is 21.5 Å². The third kappa shape index (κ3) is 2.21. The maximum absolute atomic E-state index is 12.8. The van der Waals surface area contributed by atoms with Gasteiger partial charge in [0.2, 0.25) is 0 Å². The van der Waals surface area contributed by atoms with Gasteiger partial charge in [0, 0.05) is 22.8 Å². The number of carbonyl (C=O) groups is 2. The molecule has 7 nitrogen and oxygen atoms in total. The predicted octanol–water partition coefficient (Wildman–Crippen LogP) is 3.78. The summed E-state index contributed by atoms with van der Waals surface area (Å²) in [5, 5.41) is 28.6. The van der Waals surface area contributed by atoms with Gasteiger partial charge in [-0.1, -0.05) is 29.8 Å². The van der Waals surface area contributed by atoms with Crippen molar-refractivity contribution in [3.05, 3.63) is 81.3 Å². The van der Waals surface area contributed by atoms with Gasteiger partial charge < -0.3 is 24.8 Å². The number of allylic oxidation sites excluding steroid dienone is 2. The number of hydrogen-bond acceptors (Lipinski definition) is 6. The minimum atomic E-state index is -1.71. The van der Waals surface area contributed by atoms with Gasteiger partial charge in [0.1, 0.15) is 33.6 Å². The Bertz CT molecular complexity index is 1220. The van der Waals surface area contributed by atoms with E-state index >= 15 is 0 Å². The van der Waals surface area contributed by atoms with E-state index in [2.05, 4.69) is 0 Å². The van der Waals surface area contributed by atoms with Crippen molar-refractivity contribution in [3.63, 3.8) is 0 Å². The molecule has 3 atom stereocenters. The molecule has 2 aromatic rings. The molecule has 0 bridgehead atoms. The van der Waals surface area contributed by atoms with Crippen LogP contribution < -0.4 is 4.74 Å². The number of ether oxygens (including phenoxy) is 2. The standard InChI is InChI=1S/C21H12Cl2O7/c22-15-13(19(26)27)14-18(16(23)17(15)25)29-12-7-8(24)5-6-11(12)21(14)10-4-2-1-3-9(10)20(28)30-21/h1-7,13,15,24-25H,(H,26,27). The molecule has 2 heterocycles. The van der Waals surface area contributed by atoms with Crippen molar-refractivity contribution in [2.75, 3.05) is 0 Å². The van der Waals surface area contributed by atoms with Gasteiger partial charge >= 0.3 is 11.9 Å². The van der Waals surface area contributed by atoms with Gasteiger partial charge in [-0.25, -0.2) is 4.79 Å². The van der Waals surface area contributed by atoms with E-state index in [9.17, 15) is 24.9 Å². The molecule has 30 heavy (non-hydrogen) atoms. The van der Waals surface area contributed by atoms with Crippen LogP contribution in [0.2, 0.25) is 0 Å². The Morgan fingerprint density at radius 2 is 1.83 bits per heavy atom. The lowest BCUT2D eigenvalue weighted by molar-refractivity contribution is -0.141. The fourth-order valence-electron chi connectivity index (χ4n) is 4.29. The summed E-state index contributed by atoms with van der Waals surface area (Å²) >= 11 is 12.6. The molecule has 1 aliphatic carbocycles. The SMILES string of the molecule is O=C1OC2(C3=C(Oc4cc(O)ccc42)C(Cl)=C(O)C(Cl)C3C(=O)O)c2ccccc21. The number of rotatable bonds is 1. The molecule has 152 valence electrons. The van der Waals surface area contributed by atoms with Gasteiger partial charge in [-0.2, -0.15) is 0 Å². The zero-order chi connectivity index (χ0) is 21.4. The second-order valence-corrected chi connectivity index (χ2v) is 7.91. The maximum atomic E-state index is 12.8. The molecule has 3 aliphatic rings. The Morgan fingerprint density at radius 1 is 1.10 bits per heavy atom. The first-order chi connectivity index (χ1) is 14.3. The molecule has 0 saturated carbocycles. The summed E-state index contributed by atoms with van der Waals surface area (Å²) in [6, 6.07) is 10.7. The largest absolute Gasteiger partial charge is 0.509 e. The van der Waals surface area contributed by atoms with Crippen LogP contribution in [0.15, 0.2) is 64.6 Å². The van der Waals surface area contributed by atoms with Crippen molar-refractivity contribution in [1.82, 2.24) is 0 Å². The zero-order valence-electron chi connectivity index (χ0n) is 14.9. The van der Waals surface area contributed by atoms with Gasteiger partial charge in [-0.3, -0.25) is 4.79 Å². The van der Waals surface area contributed by atoms with Crippen molar-refractivity contribution in [2.45, 2.75) is 11.0 Å². The average molecular weight is 447 g/mol. The van der Waals surface area contributed by atoms with Gasteiger partial charge in [0.25, 0.3) is 0 Å². The highest BCUT2D eigenvalue weighted by Gasteiger charge is 2.61. The number of phenolic OH excluding ortho intramolecular Hbond substituents is 1. The number of benzene rings is 2. The number of aromatic hydroxyl groups is 1. The molecule has 5 rings (SSSR count). The zero-order valence-corrected chi connectivity index (χ0v) is 16.4. The Labute approximate surface area is 179 Å². The number of halogens is 2. The van der Waals surface area contributed by atoms with E-state index in [0.717, 1.165) is 0 Å². The van der Waals surface area contributed by atoms with E-state index in [1.54, 1.807) is 24.3 Å². The fraction of sp³-hybridized carbons (Fsp3) is 0.143. The number of aliphatic hydroxyl groups excluding tert-OH is 1. The van der Waals surface area contributed by atoms with Crippen molar-refractivity contribution in [1.29, 1.82) is 0 Å². The molecule has 2 aromatic carbocycles. The lowest BCUT2D eigenvalue weighted by atomic mass is 9.70. The summed E-state index contributed by atoms with van der Waals surface area (Å²) in [5.41, 5.74) is -0.775. The normalized spacial score (nSPS) is 26.7. The summed E-state index contributed by atoms with van der Waals surface area (Å²) < 4.78 is 11.7. The monoisotopic (exact) mass is 446 g/mol. The number of aliphatic hydroxyl groups is 1. The number of esters is 1. The van der Waals surface area contributed by atoms with E-state index in [1.165, 1.54) is 18.2 Å². The molecule has 1 spiro atoms. The van der Waals surface area contributed by atoms with E-state index in [4.69, 9.17) is 32.7 Å². The minimum absolute atomic E-state index is 0.00529. The fourth-order valence-corrected chi connectivity index (χ4v) is 4.94. The van der Waals surface area contributed by atoms with Gasteiger partial charge in [0.15, 0.2) is 11.4 Å².